The van der Waals surface area contributed by atoms with Gasteiger partial charge in [0.25, 0.3) is 5.91 Å². The van der Waals surface area contributed by atoms with Crippen LogP contribution in [0.1, 0.15) is 29.2 Å². The van der Waals surface area contributed by atoms with Crippen molar-refractivity contribution >= 4 is 30.0 Å². The highest BCUT2D eigenvalue weighted by atomic mass is 35.5. The van der Waals surface area contributed by atoms with E-state index in [4.69, 9.17) is 32.9 Å². The Kier molecular flexibility index (Phi) is 6.43. The largest absolute Gasteiger partial charge is 0.457 e. The lowest BCUT2D eigenvalue weighted by Gasteiger charge is -2.31. The number of anilines is 1. The van der Waals surface area contributed by atoms with Gasteiger partial charge in [-0.25, -0.2) is 4.68 Å². The lowest BCUT2D eigenvalue weighted by atomic mass is 10.1. The van der Waals surface area contributed by atoms with Crippen molar-refractivity contribution in [3.8, 4) is 22.8 Å². The second-order valence-electron chi connectivity index (χ2n) is 7.74. The molecule has 1 atom stereocenters. The first-order valence-electron chi connectivity index (χ1n) is 10.3. The van der Waals surface area contributed by atoms with Gasteiger partial charge >= 0.3 is 0 Å². The molecule has 0 bridgehead atoms. The molecule has 166 valence electrons. The van der Waals surface area contributed by atoms with Gasteiger partial charge in [0.05, 0.1) is 12.7 Å². The number of benzene rings is 2. The molecule has 2 heterocycles. The molecule has 0 radical (unpaired) electrons. The van der Waals surface area contributed by atoms with Gasteiger partial charge < -0.3 is 16.2 Å². The molecule has 1 unspecified atom stereocenters. The predicted molar refractivity (Wildman–Crippen MR) is 126 cm³/mol. The molecule has 4 N–H and O–H groups in total. The summed E-state index contributed by atoms with van der Waals surface area (Å²) in [6.07, 6.45) is 1.87. The van der Waals surface area contributed by atoms with E-state index in [9.17, 15) is 4.79 Å². The number of amides is 1. The van der Waals surface area contributed by atoms with Crippen molar-refractivity contribution in [3.63, 3.8) is 0 Å². The second kappa shape index (κ2) is 9.42. The number of likely N-dealkylation sites (tertiary alicyclic amines) is 1. The number of ether oxygens (including phenoxy) is 1. The Morgan fingerprint density at radius 1 is 1.25 bits per heavy atom. The van der Waals surface area contributed by atoms with Crippen LogP contribution in [0.4, 0.5) is 5.82 Å². The van der Waals surface area contributed by atoms with Crippen LogP contribution in [0.25, 0.3) is 11.3 Å². The summed E-state index contributed by atoms with van der Waals surface area (Å²) in [5.74, 6) is 0.833. The number of hydrogen-bond acceptors (Lipinski definition) is 6. The number of aromatic nitrogens is 2. The summed E-state index contributed by atoms with van der Waals surface area (Å²) in [7, 11) is 0. The van der Waals surface area contributed by atoms with Crippen molar-refractivity contribution in [2.75, 3.05) is 25.5 Å². The van der Waals surface area contributed by atoms with Crippen molar-refractivity contribution in [1.29, 1.82) is 0 Å². The maximum absolute atomic E-state index is 12.3. The fraction of sp³-hybridized carbons (Fsp3) is 0.261. The highest BCUT2D eigenvalue weighted by molar-refractivity contribution is 6.30. The van der Waals surface area contributed by atoms with Crippen molar-refractivity contribution in [2.45, 2.75) is 18.9 Å². The van der Waals surface area contributed by atoms with E-state index < -0.39 is 5.91 Å². The standard InChI is InChI=1S/C23H25ClN6O2/c1-27-14-29-10-4-7-17(13-29)30-22(25)20(23(26)31)21(28-30)15-5-2-8-18(11-15)32-19-9-3-6-16(24)12-19/h2-3,5-6,8-9,11-12,17H,1,4,7,10,13-14,25H2,(H2,26,31). The molecular weight excluding hydrogens is 428 g/mol. The number of nitrogen functional groups attached to an aromatic ring is 1. The molecule has 32 heavy (non-hydrogen) atoms. The van der Waals surface area contributed by atoms with Gasteiger partial charge in [0, 0.05) is 23.7 Å². The van der Waals surface area contributed by atoms with E-state index in [1.165, 1.54) is 0 Å². The average Bonchev–Trinajstić information content (AvgIpc) is 3.12. The van der Waals surface area contributed by atoms with Crippen molar-refractivity contribution < 1.29 is 9.53 Å². The molecule has 9 heteroatoms. The molecule has 0 saturated carbocycles. The summed E-state index contributed by atoms with van der Waals surface area (Å²) in [5, 5.41) is 5.30. The van der Waals surface area contributed by atoms with Crippen LogP contribution >= 0.6 is 11.6 Å². The summed E-state index contributed by atoms with van der Waals surface area (Å²) in [6, 6.07) is 14.4. The lowest BCUT2D eigenvalue weighted by molar-refractivity contribution is 0.100. The van der Waals surface area contributed by atoms with Gasteiger partial charge in [-0.05, 0) is 49.9 Å². The van der Waals surface area contributed by atoms with Crippen LogP contribution in [0, 0.1) is 0 Å². The number of aliphatic imine (C=N–C) groups is 1. The molecular formula is C23H25ClN6O2. The van der Waals surface area contributed by atoms with E-state index in [1.807, 2.05) is 30.3 Å². The lowest BCUT2D eigenvalue weighted by Crippen LogP contribution is -2.37. The molecule has 1 fully saturated rings. The van der Waals surface area contributed by atoms with Crippen LogP contribution in [-0.2, 0) is 0 Å². The normalized spacial score (nSPS) is 16.6. The highest BCUT2D eigenvalue weighted by Gasteiger charge is 2.28. The summed E-state index contributed by atoms with van der Waals surface area (Å²) < 4.78 is 7.64. The molecule has 1 saturated heterocycles. The Labute approximate surface area is 191 Å². The fourth-order valence-electron chi connectivity index (χ4n) is 4.04. The molecule has 1 aliphatic heterocycles. The van der Waals surface area contributed by atoms with Gasteiger partial charge in [-0.2, -0.15) is 5.10 Å². The van der Waals surface area contributed by atoms with Crippen molar-refractivity contribution in [3.05, 3.63) is 59.1 Å². The maximum Gasteiger partial charge on any atom is 0.254 e. The van der Waals surface area contributed by atoms with E-state index in [0.717, 1.165) is 25.9 Å². The van der Waals surface area contributed by atoms with Gasteiger partial charge in [-0.1, -0.05) is 29.8 Å². The molecule has 1 aliphatic rings. The highest BCUT2D eigenvalue weighted by Crippen LogP contribution is 2.34. The van der Waals surface area contributed by atoms with Gasteiger partial charge in [0.1, 0.15) is 28.6 Å². The predicted octanol–water partition coefficient (Wildman–Crippen LogP) is 3.97. The smallest absolute Gasteiger partial charge is 0.254 e. The topological polar surface area (TPSA) is 112 Å². The number of nitrogens with zero attached hydrogens (tertiary/aromatic N) is 4. The number of carbonyl (C=O) groups is 1. The first kappa shape index (κ1) is 21.9. The number of carbonyl (C=O) groups excluding carboxylic acids is 1. The average molecular weight is 453 g/mol. The maximum atomic E-state index is 12.3. The quantitative estimate of drug-likeness (QED) is 0.527. The third-order valence-corrected chi connectivity index (χ3v) is 5.69. The molecule has 8 nitrogen and oxygen atoms in total. The Hall–Kier alpha value is -3.36. The van der Waals surface area contributed by atoms with E-state index in [2.05, 4.69) is 16.6 Å². The molecule has 2 aromatic carbocycles. The SMILES string of the molecule is C=NCN1CCCC(n2nc(-c3cccc(Oc4cccc(Cl)c4)c3)c(C(N)=O)c2N)C1. The summed E-state index contributed by atoms with van der Waals surface area (Å²) in [5.41, 5.74) is 13.4. The van der Waals surface area contributed by atoms with Gasteiger partial charge in [-0.3, -0.25) is 14.7 Å². The van der Waals surface area contributed by atoms with Gasteiger partial charge in [0.2, 0.25) is 0 Å². The zero-order chi connectivity index (χ0) is 22.7. The van der Waals surface area contributed by atoms with Crippen LogP contribution in [-0.4, -0.2) is 47.1 Å². The minimum absolute atomic E-state index is 0.0169. The first-order chi connectivity index (χ1) is 15.5. The minimum Gasteiger partial charge on any atom is -0.457 e. The second-order valence-corrected chi connectivity index (χ2v) is 8.18. The van der Waals surface area contributed by atoms with Crippen molar-refractivity contribution in [2.24, 2.45) is 10.7 Å². The van der Waals surface area contributed by atoms with Crippen LogP contribution in [0.2, 0.25) is 5.02 Å². The van der Waals surface area contributed by atoms with E-state index in [0.29, 0.717) is 34.4 Å². The number of piperidine rings is 1. The van der Waals surface area contributed by atoms with Crippen LogP contribution in [0.3, 0.4) is 0 Å². The van der Waals surface area contributed by atoms with Gasteiger partial charge in [0.15, 0.2) is 0 Å². The molecule has 3 aromatic rings. The number of halogens is 1. The third-order valence-electron chi connectivity index (χ3n) is 5.46. The zero-order valence-electron chi connectivity index (χ0n) is 17.6. The molecule has 4 rings (SSSR count). The zero-order valence-corrected chi connectivity index (χ0v) is 18.3. The van der Waals surface area contributed by atoms with Crippen LogP contribution < -0.4 is 16.2 Å². The van der Waals surface area contributed by atoms with Crippen LogP contribution in [0.15, 0.2) is 53.5 Å². The monoisotopic (exact) mass is 452 g/mol. The van der Waals surface area contributed by atoms with E-state index in [-0.39, 0.29) is 17.4 Å². The van der Waals surface area contributed by atoms with E-state index in [1.54, 1.807) is 22.9 Å². The first-order valence-corrected chi connectivity index (χ1v) is 10.7. The number of rotatable bonds is 7. The molecule has 1 amide bonds. The Bertz CT molecular complexity index is 1150. The summed E-state index contributed by atoms with van der Waals surface area (Å²) >= 11 is 6.05. The van der Waals surface area contributed by atoms with Gasteiger partial charge in [-0.15, -0.1) is 0 Å². The molecule has 0 spiro atoms. The summed E-state index contributed by atoms with van der Waals surface area (Å²) in [4.78, 5) is 18.5. The van der Waals surface area contributed by atoms with E-state index >= 15 is 0 Å². The Morgan fingerprint density at radius 3 is 2.72 bits per heavy atom. The number of nitrogens with two attached hydrogens (primary N) is 2. The molecule has 0 aliphatic carbocycles. The Balaban J connectivity index is 1.68. The number of hydrogen-bond donors (Lipinski definition) is 2. The summed E-state index contributed by atoms with van der Waals surface area (Å²) in [6.45, 7) is 5.79. The molecule has 1 aromatic heterocycles. The fourth-order valence-corrected chi connectivity index (χ4v) is 4.23. The third kappa shape index (κ3) is 4.61. The van der Waals surface area contributed by atoms with Crippen molar-refractivity contribution in [1.82, 2.24) is 14.7 Å². The Morgan fingerprint density at radius 2 is 2.00 bits per heavy atom. The number of primary amides is 1. The minimum atomic E-state index is -0.620. The van der Waals surface area contributed by atoms with Crippen LogP contribution in [0.5, 0.6) is 11.5 Å².